The van der Waals surface area contributed by atoms with E-state index < -0.39 is 0 Å². The molecule has 1 atom stereocenters. The van der Waals surface area contributed by atoms with E-state index in [0.717, 1.165) is 37.4 Å². The first-order chi connectivity index (χ1) is 10.2. The molecular weight excluding hydrogens is 262 g/mol. The van der Waals surface area contributed by atoms with Gasteiger partial charge in [-0.15, -0.1) is 6.58 Å². The van der Waals surface area contributed by atoms with Crippen molar-refractivity contribution in [2.75, 3.05) is 13.2 Å². The Balaban J connectivity index is 2.53. The summed E-state index contributed by atoms with van der Waals surface area (Å²) in [7, 11) is 0. The zero-order chi connectivity index (χ0) is 15.5. The van der Waals surface area contributed by atoms with Gasteiger partial charge in [-0.3, -0.25) is 0 Å². The molecule has 0 amide bonds. The summed E-state index contributed by atoms with van der Waals surface area (Å²) in [5, 5.41) is 0. The summed E-state index contributed by atoms with van der Waals surface area (Å²) in [6.45, 7) is 9.08. The SMILES string of the molecule is C=CCCCCCOc1ccc(CC(C)N)cc1OCC. The lowest BCUT2D eigenvalue weighted by Gasteiger charge is -2.14. The Hall–Kier alpha value is -1.48. The molecular formula is C18H29NO2. The van der Waals surface area contributed by atoms with Crippen LogP contribution in [-0.4, -0.2) is 19.3 Å². The largest absolute Gasteiger partial charge is 0.490 e. The minimum Gasteiger partial charge on any atom is -0.490 e. The third-order valence-electron chi connectivity index (χ3n) is 3.18. The predicted molar refractivity (Wildman–Crippen MR) is 89.1 cm³/mol. The lowest BCUT2D eigenvalue weighted by Crippen LogP contribution is -2.17. The van der Waals surface area contributed by atoms with E-state index in [-0.39, 0.29) is 6.04 Å². The molecule has 1 unspecified atom stereocenters. The maximum atomic E-state index is 5.85. The van der Waals surface area contributed by atoms with Gasteiger partial charge in [-0.2, -0.15) is 0 Å². The molecule has 0 aliphatic carbocycles. The van der Waals surface area contributed by atoms with Gasteiger partial charge in [0, 0.05) is 6.04 Å². The Morgan fingerprint density at radius 3 is 2.67 bits per heavy atom. The standard InChI is InChI=1S/C18H29NO2/c1-4-6-7-8-9-12-21-17-11-10-16(13-15(3)19)14-18(17)20-5-2/h4,10-11,14-15H,1,5-9,12-13,19H2,2-3H3. The van der Waals surface area contributed by atoms with Crippen LogP contribution in [0.3, 0.4) is 0 Å². The van der Waals surface area contributed by atoms with Crippen LogP contribution in [0.1, 0.15) is 45.1 Å². The first kappa shape index (κ1) is 17.6. The second-order valence-corrected chi connectivity index (χ2v) is 5.38. The van der Waals surface area contributed by atoms with Crippen molar-refractivity contribution < 1.29 is 9.47 Å². The van der Waals surface area contributed by atoms with E-state index in [1.807, 2.05) is 32.1 Å². The summed E-state index contributed by atoms with van der Waals surface area (Å²) >= 11 is 0. The van der Waals surface area contributed by atoms with Gasteiger partial charge < -0.3 is 15.2 Å². The quantitative estimate of drug-likeness (QED) is 0.493. The molecule has 0 bridgehead atoms. The summed E-state index contributed by atoms with van der Waals surface area (Å²) < 4.78 is 11.5. The first-order valence-corrected chi connectivity index (χ1v) is 7.92. The molecule has 0 fully saturated rings. The summed E-state index contributed by atoms with van der Waals surface area (Å²) in [6, 6.07) is 6.25. The van der Waals surface area contributed by atoms with E-state index in [9.17, 15) is 0 Å². The lowest BCUT2D eigenvalue weighted by molar-refractivity contribution is 0.270. The number of rotatable bonds is 11. The van der Waals surface area contributed by atoms with Gasteiger partial charge in [0.1, 0.15) is 0 Å². The van der Waals surface area contributed by atoms with Crippen LogP contribution in [-0.2, 0) is 6.42 Å². The number of unbranched alkanes of at least 4 members (excludes halogenated alkanes) is 3. The highest BCUT2D eigenvalue weighted by molar-refractivity contribution is 5.43. The van der Waals surface area contributed by atoms with Crippen LogP contribution < -0.4 is 15.2 Å². The van der Waals surface area contributed by atoms with Gasteiger partial charge in [0.2, 0.25) is 0 Å². The van der Waals surface area contributed by atoms with Crippen LogP contribution in [0.2, 0.25) is 0 Å². The summed E-state index contributed by atoms with van der Waals surface area (Å²) in [4.78, 5) is 0. The summed E-state index contributed by atoms with van der Waals surface area (Å²) in [5.41, 5.74) is 7.03. The van der Waals surface area contributed by atoms with Crippen molar-refractivity contribution >= 4 is 0 Å². The van der Waals surface area contributed by atoms with Crippen LogP contribution in [0.5, 0.6) is 11.5 Å². The molecule has 1 aromatic carbocycles. The van der Waals surface area contributed by atoms with Crippen molar-refractivity contribution in [1.29, 1.82) is 0 Å². The van der Waals surface area contributed by atoms with Gasteiger partial charge in [0.05, 0.1) is 13.2 Å². The zero-order valence-electron chi connectivity index (χ0n) is 13.4. The first-order valence-electron chi connectivity index (χ1n) is 7.92. The molecule has 3 heteroatoms. The van der Waals surface area contributed by atoms with Gasteiger partial charge in [0.15, 0.2) is 11.5 Å². The van der Waals surface area contributed by atoms with Gasteiger partial charge in [-0.05, 0) is 63.6 Å². The third kappa shape index (κ3) is 7.19. The molecule has 0 aliphatic rings. The van der Waals surface area contributed by atoms with Crippen LogP contribution in [0.15, 0.2) is 30.9 Å². The fraction of sp³-hybridized carbons (Fsp3) is 0.556. The number of benzene rings is 1. The summed E-state index contributed by atoms with van der Waals surface area (Å²) in [6.07, 6.45) is 7.29. The molecule has 3 nitrogen and oxygen atoms in total. The van der Waals surface area contributed by atoms with Crippen molar-refractivity contribution in [2.45, 2.75) is 52.0 Å². The molecule has 0 saturated carbocycles. The molecule has 0 aromatic heterocycles. The molecule has 0 spiro atoms. The average molecular weight is 291 g/mol. The van der Waals surface area contributed by atoms with Crippen LogP contribution in [0.4, 0.5) is 0 Å². The highest BCUT2D eigenvalue weighted by Crippen LogP contribution is 2.29. The maximum absolute atomic E-state index is 5.85. The van der Waals surface area contributed by atoms with E-state index in [4.69, 9.17) is 15.2 Å². The monoisotopic (exact) mass is 291 g/mol. The van der Waals surface area contributed by atoms with Crippen LogP contribution in [0, 0.1) is 0 Å². The second kappa shape index (κ2) is 10.3. The van der Waals surface area contributed by atoms with E-state index >= 15 is 0 Å². The Kier molecular flexibility index (Phi) is 8.60. The molecule has 0 radical (unpaired) electrons. The zero-order valence-corrected chi connectivity index (χ0v) is 13.4. The molecule has 118 valence electrons. The van der Waals surface area contributed by atoms with E-state index in [2.05, 4.69) is 12.6 Å². The minimum absolute atomic E-state index is 0.149. The second-order valence-electron chi connectivity index (χ2n) is 5.38. The topological polar surface area (TPSA) is 44.5 Å². The normalized spacial score (nSPS) is 12.0. The van der Waals surface area contributed by atoms with Crippen molar-refractivity contribution in [3.8, 4) is 11.5 Å². The molecule has 2 N–H and O–H groups in total. The van der Waals surface area contributed by atoms with Crippen LogP contribution in [0.25, 0.3) is 0 Å². The molecule has 0 heterocycles. The van der Waals surface area contributed by atoms with Crippen molar-refractivity contribution in [3.05, 3.63) is 36.4 Å². The number of allylic oxidation sites excluding steroid dienone is 1. The van der Waals surface area contributed by atoms with E-state index in [0.29, 0.717) is 6.61 Å². The number of hydrogen-bond donors (Lipinski definition) is 1. The van der Waals surface area contributed by atoms with Crippen molar-refractivity contribution in [2.24, 2.45) is 5.73 Å². The van der Waals surface area contributed by atoms with Crippen molar-refractivity contribution in [1.82, 2.24) is 0 Å². The van der Waals surface area contributed by atoms with Crippen molar-refractivity contribution in [3.63, 3.8) is 0 Å². The molecule has 0 aliphatic heterocycles. The Morgan fingerprint density at radius 2 is 2.00 bits per heavy atom. The lowest BCUT2D eigenvalue weighted by atomic mass is 10.1. The smallest absolute Gasteiger partial charge is 0.161 e. The van der Waals surface area contributed by atoms with Gasteiger partial charge in [-0.25, -0.2) is 0 Å². The maximum Gasteiger partial charge on any atom is 0.161 e. The van der Waals surface area contributed by atoms with Gasteiger partial charge in [0.25, 0.3) is 0 Å². The summed E-state index contributed by atoms with van der Waals surface area (Å²) in [5.74, 6) is 1.65. The number of ether oxygens (including phenoxy) is 2. The highest BCUT2D eigenvalue weighted by Gasteiger charge is 2.07. The fourth-order valence-electron chi connectivity index (χ4n) is 2.19. The highest BCUT2D eigenvalue weighted by atomic mass is 16.5. The number of nitrogens with two attached hydrogens (primary N) is 1. The fourth-order valence-corrected chi connectivity index (χ4v) is 2.19. The van der Waals surface area contributed by atoms with Crippen LogP contribution >= 0.6 is 0 Å². The molecule has 21 heavy (non-hydrogen) atoms. The number of hydrogen-bond acceptors (Lipinski definition) is 3. The Bertz CT molecular complexity index is 416. The Morgan fingerprint density at radius 1 is 1.19 bits per heavy atom. The molecule has 0 saturated heterocycles. The van der Waals surface area contributed by atoms with Gasteiger partial charge >= 0.3 is 0 Å². The predicted octanol–water partition coefficient (Wildman–Crippen LogP) is 4.10. The average Bonchev–Trinajstić information content (AvgIpc) is 2.44. The van der Waals surface area contributed by atoms with E-state index in [1.165, 1.54) is 18.4 Å². The molecule has 1 rings (SSSR count). The Labute approximate surface area is 129 Å². The van der Waals surface area contributed by atoms with E-state index in [1.54, 1.807) is 0 Å². The molecule has 1 aromatic rings. The third-order valence-corrected chi connectivity index (χ3v) is 3.18. The minimum atomic E-state index is 0.149. The van der Waals surface area contributed by atoms with Gasteiger partial charge in [-0.1, -0.05) is 12.1 Å².